The first-order chi connectivity index (χ1) is 9.79. The number of hydrogen-bond acceptors (Lipinski definition) is 2. The smallest absolute Gasteiger partial charge is 0.130 e. The summed E-state index contributed by atoms with van der Waals surface area (Å²) in [5.41, 5.74) is 6.48. The van der Waals surface area contributed by atoms with E-state index in [9.17, 15) is 0 Å². The van der Waals surface area contributed by atoms with Crippen LogP contribution in [0.15, 0.2) is 36.4 Å². The number of nitrogens with one attached hydrogen (secondary N) is 1. The molecular formula is C18H21NO. The van der Waals surface area contributed by atoms with Gasteiger partial charge in [0.2, 0.25) is 0 Å². The summed E-state index contributed by atoms with van der Waals surface area (Å²) in [6.07, 6.45) is 2.25. The molecule has 0 saturated heterocycles. The Kier molecular flexibility index (Phi) is 3.75. The van der Waals surface area contributed by atoms with Crippen molar-refractivity contribution in [3.8, 4) is 16.9 Å². The van der Waals surface area contributed by atoms with Crippen molar-refractivity contribution in [1.82, 2.24) is 5.32 Å². The molecule has 2 heteroatoms. The zero-order valence-electron chi connectivity index (χ0n) is 12.2. The van der Waals surface area contributed by atoms with Crippen LogP contribution in [-0.2, 0) is 13.0 Å². The van der Waals surface area contributed by atoms with Gasteiger partial charge in [-0.15, -0.1) is 0 Å². The first kappa shape index (κ1) is 13.2. The van der Waals surface area contributed by atoms with Crippen molar-refractivity contribution in [2.24, 2.45) is 0 Å². The van der Waals surface area contributed by atoms with E-state index >= 15 is 0 Å². The highest BCUT2D eigenvalue weighted by atomic mass is 16.5. The van der Waals surface area contributed by atoms with Crippen LogP contribution in [0.4, 0.5) is 0 Å². The fourth-order valence-corrected chi connectivity index (χ4v) is 2.94. The van der Waals surface area contributed by atoms with E-state index in [-0.39, 0.29) is 0 Å². The maximum absolute atomic E-state index is 5.93. The topological polar surface area (TPSA) is 21.3 Å². The minimum Gasteiger partial charge on any atom is -0.493 e. The summed E-state index contributed by atoms with van der Waals surface area (Å²) in [4.78, 5) is 0. The van der Waals surface area contributed by atoms with Crippen LogP contribution < -0.4 is 10.1 Å². The Morgan fingerprint density at radius 1 is 1.15 bits per heavy atom. The van der Waals surface area contributed by atoms with Gasteiger partial charge in [0.1, 0.15) is 5.75 Å². The molecule has 1 aliphatic rings. The summed E-state index contributed by atoms with van der Waals surface area (Å²) >= 11 is 0. The van der Waals surface area contributed by atoms with Crippen LogP contribution in [0.3, 0.4) is 0 Å². The number of rotatable bonds is 3. The Morgan fingerprint density at radius 2 is 2.05 bits per heavy atom. The van der Waals surface area contributed by atoms with Crippen molar-refractivity contribution in [2.45, 2.75) is 26.3 Å². The van der Waals surface area contributed by atoms with E-state index in [0.29, 0.717) is 0 Å². The van der Waals surface area contributed by atoms with Crippen molar-refractivity contribution in [3.63, 3.8) is 0 Å². The number of aryl methyl sites for hydroxylation is 2. The molecule has 0 bridgehead atoms. The predicted molar refractivity (Wildman–Crippen MR) is 83.2 cm³/mol. The van der Waals surface area contributed by atoms with Gasteiger partial charge in [0.15, 0.2) is 0 Å². The molecule has 3 rings (SSSR count). The molecule has 1 heterocycles. The van der Waals surface area contributed by atoms with Gasteiger partial charge in [-0.05, 0) is 49.1 Å². The third-order valence-corrected chi connectivity index (χ3v) is 3.90. The number of para-hydroxylation sites is 1. The molecule has 0 atom stereocenters. The zero-order valence-corrected chi connectivity index (χ0v) is 12.2. The molecule has 0 spiro atoms. The van der Waals surface area contributed by atoms with Gasteiger partial charge in [-0.2, -0.15) is 0 Å². The van der Waals surface area contributed by atoms with Crippen molar-refractivity contribution in [3.05, 3.63) is 53.1 Å². The Balaban J connectivity index is 2.05. The summed E-state index contributed by atoms with van der Waals surface area (Å²) < 4.78 is 5.93. The zero-order chi connectivity index (χ0) is 13.9. The van der Waals surface area contributed by atoms with Gasteiger partial charge in [-0.1, -0.05) is 36.4 Å². The molecule has 2 aromatic rings. The molecule has 0 aliphatic carbocycles. The molecular weight excluding hydrogens is 246 g/mol. The Morgan fingerprint density at radius 3 is 2.85 bits per heavy atom. The van der Waals surface area contributed by atoms with Crippen LogP contribution >= 0.6 is 0 Å². The lowest BCUT2D eigenvalue weighted by Crippen LogP contribution is -2.09. The van der Waals surface area contributed by atoms with Gasteiger partial charge in [-0.25, -0.2) is 0 Å². The van der Waals surface area contributed by atoms with E-state index < -0.39 is 0 Å². The summed E-state index contributed by atoms with van der Waals surface area (Å²) in [5, 5.41) is 3.20. The van der Waals surface area contributed by atoms with Crippen molar-refractivity contribution in [2.75, 3.05) is 13.7 Å². The van der Waals surface area contributed by atoms with Gasteiger partial charge < -0.3 is 10.1 Å². The Bertz CT molecular complexity index is 619. The first-order valence-electron chi connectivity index (χ1n) is 7.29. The van der Waals surface area contributed by atoms with Gasteiger partial charge in [0.05, 0.1) is 6.61 Å². The highest BCUT2D eigenvalue weighted by Gasteiger charge is 2.16. The number of ether oxygens (including phenoxy) is 1. The van der Waals surface area contributed by atoms with Crippen LogP contribution in [-0.4, -0.2) is 13.7 Å². The normalized spacial score (nSPS) is 13.7. The van der Waals surface area contributed by atoms with E-state index in [2.05, 4.69) is 48.6 Å². The Labute approximate surface area is 120 Å². The van der Waals surface area contributed by atoms with E-state index in [4.69, 9.17) is 4.74 Å². The third kappa shape index (κ3) is 2.44. The van der Waals surface area contributed by atoms with E-state index in [1.54, 1.807) is 0 Å². The predicted octanol–water partition coefficient (Wildman–Crippen LogP) is 3.71. The van der Waals surface area contributed by atoms with Gasteiger partial charge >= 0.3 is 0 Å². The second kappa shape index (κ2) is 5.68. The van der Waals surface area contributed by atoms with Crippen molar-refractivity contribution >= 4 is 0 Å². The lowest BCUT2D eigenvalue weighted by molar-refractivity contribution is 0.289. The summed E-state index contributed by atoms with van der Waals surface area (Å²) in [5.74, 6) is 1.09. The molecule has 0 unspecified atom stereocenters. The standard InChI is InChI=1S/C18H21NO/c1-13-11-14(12-19-2)8-9-16(13)17-7-3-5-15-6-4-10-20-18(15)17/h3,5,7-9,11,19H,4,6,10,12H2,1-2H3. The fourth-order valence-electron chi connectivity index (χ4n) is 2.94. The van der Waals surface area contributed by atoms with Crippen LogP contribution in [0.2, 0.25) is 0 Å². The first-order valence-corrected chi connectivity index (χ1v) is 7.29. The minimum absolute atomic E-state index is 0.834. The Hall–Kier alpha value is -1.80. The van der Waals surface area contributed by atoms with E-state index in [1.165, 1.54) is 27.8 Å². The lowest BCUT2D eigenvalue weighted by atomic mass is 9.94. The molecule has 0 aromatic heterocycles. The van der Waals surface area contributed by atoms with Gasteiger partial charge in [0.25, 0.3) is 0 Å². The molecule has 0 saturated carbocycles. The number of hydrogen-bond donors (Lipinski definition) is 1. The molecule has 0 fully saturated rings. The molecule has 0 radical (unpaired) electrons. The van der Waals surface area contributed by atoms with E-state index in [0.717, 1.165) is 31.7 Å². The van der Waals surface area contributed by atoms with Crippen LogP contribution in [0.5, 0.6) is 5.75 Å². The number of benzene rings is 2. The summed E-state index contributed by atoms with van der Waals surface area (Å²) in [7, 11) is 1.98. The molecule has 20 heavy (non-hydrogen) atoms. The maximum atomic E-state index is 5.93. The van der Waals surface area contributed by atoms with Crippen molar-refractivity contribution in [1.29, 1.82) is 0 Å². The molecule has 1 N–H and O–H groups in total. The largest absolute Gasteiger partial charge is 0.493 e. The maximum Gasteiger partial charge on any atom is 0.130 e. The molecule has 0 amide bonds. The average Bonchev–Trinajstić information content (AvgIpc) is 2.47. The quantitative estimate of drug-likeness (QED) is 0.915. The van der Waals surface area contributed by atoms with Crippen LogP contribution in [0.1, 0.15) is 23.1 Å². The monoisotopic (exact) mass is 267 g/mol. The van der Waals surface area contributed by atoms with E-state index in [1.807, 2.05) is 7.05 Å². The highest BCUT2D eigenvalue weighted by molar-refractivity contribution is 5.75. The SMILES string of the molecule is CNCc1ccc(-c2cccc3c2OCCC3)c(C)c1. The van der Waals surface area contributed by atoms with Gasteiger partial charge in [0, 0.05) is 12.1 Å². The highest BCUT2D eigenvalue weighted by Crippen LogP contribution is 2.37. The number of fused-ring (bicyclic) bond motifs is 1. The minimum atomic E-state index is 0.834. The second-order valence-electron chi connectivity index (χ2n) is 5.43. The second-order valence-corrected chi connectivity index (χ2v) is 5.43. The molecule has 2 nitrogen and oxygen atoms in total. The van der Waals surface area contributed by atoms with Crippen LogP contribution in [0, 0.1) is 6.92 Å². The van der Waals surface area contributed by atoms with Crippen LogP contribution in [0.25, 0.3) is 11.1 Å². The summed E-state index contributed by atoms with van der Waals surface area (Å²) in [6.45, 7) is 3.92. The third-order valence-electron chi connectivity index (χ3n) is 3.90. The molecule has 1 aliphatic heterocycles. The average molecular weight is 267 g/mol. The fraction of sp³-hybridized carbons (Fsp3) is 0.333. The molecule has 104 valence electrons. The molecule has 2 aromatic carbocycles. The summed E-state index contributed by atoms with van der Waals surface area (Å²) in [6, 6.07) is 13.2. The lowest BCUT2D eigenvalue weighted by Gasteiger charge is -2.21. The van der Waals surface area contributed by atoms with Crippen molar-refractivity contribution < 1.29 is 4.74 Å². The van der Waals surface area contributed by atoms with Gasteiger partial charge in [-0.3, -0.25) is 0 Å².